The Morgan fingerprint density at radius 2 is 2.04 bits per heavy atom. The zero-order valence-electron chi connectivity index (χ0n) is 13.1. The van der Waals surface area contributed by atoms with Crippen LogP contribution in [0, 0.1) is 12.8 Å². The summed E-state index contributed by atoms with van der Waals surface area (Å²) in [5.74, 6) is 0.708. The zero-order valence-corrected chi connectivity index (χ0v) is 14.0. The Hall–Kier alpha value is -1.72. The van der Waals surface area contributed by atoms with Gasteiger partial charge in [0.25, 0.3) is 5.91 Å². The molecule has 1 aliphatic heterocycles. The van der Waals surface area contributed by atoms with E-state index in [0.29, 0.717) is 19.0 Å². The number of carbonyl (C=O) groups is 1. The number of aromatic nitrogens is 1. The van der Waals surface area contributed by atoms with Gasteiger partial charge in [-0.25, -0.2) is 4.98 Å². The summed E-state index contributed by atoms with van der Waals surface area (Å²) >= 11 is 1.43. The van der Waals surface area contributed by atoms with Crippen LogP contribution in [0.5, 0.6) is 0 Å². The SMILES string of the molecule is Cc1ncsc1C(=O)N1C[C@@H](c2ccccc2)O[C@@H](C2CC2)C1. The summed E-state index contributed by atoms with van der Waals surface area (Å²) in [6.07, 6.45) is 2.56. The Labute approximate surface area is 140 Å². The standard InChI is InChI=1S/C18H20N2O2S/c1-12-17(23-11-19-12)18(21)20-9-15(13-5-3-2-4-6-13)22-16(10-20)14-7-8-14/h2-6,11,14-16H,7-10H2,1H3/t15-,16+/m0/s1. The first-order chi connectivity index (χ1) is 11.2. The van der Waals surface area contributed by atoms with Gasteiger partial charge in [-0.2, -0.15) is 0 Å². The van der Waals surface area contributed by atoms with Crippen molar-refractivity contribution in [1.29, 1.82) is 0 Å². The van der Waals surface area contributed by atoms with Crippen molar-refractivity contribution in [2.24, 2.45) is 5.92 Å². The molecule has 2 aliphatic rings. The lowest BCUT2D eigenvalue weighted by molar-refractivity contribution is -0.0863. The summed E-state index contributed by atoms with van der Waals surface area (Å²) in [5.41, 5.74) is 3.72. The third-order valence-electron chi connectivity index (χ3n) is 4.67. The van der Waals surface area contributed by atoms with Gasteiger partial charge < -0.3 is 9.64 Å². The number of hydrogen-bond donors (Lipinski definition) is 0. The van der Waals surface area contributed by atoms with Gasteiger partial charge in [-0.3, -0.25) is 4.79 Å². The Morgan fingerprint density at radius 1 is 1.26 bits per heavy atom. The molecular weight excluding hydrogens is 308 g/mol. The fourth-order valence-corrected chi connectivity index (χ4v) is 3.95. The van der Waals surface area contributed by atoms with Crippen LogP contribution in [0.3, 0.4) is 0 Å². The van der Waals surface area contributed by atoms with Crippen LogP contribution < -0.4 is 0 Å². The molecule has 0 spiro atoms. The fraction of sp³-hybridized carbons (Fsp3) is 0.444. The molecule has 2 heterocycles. The molecule has 2 atom stereocenters. The first-order valence-electron chi connectivity index (χ1n) is 8.12. The number of aryl methyl sites for hydroxylation is 1. The molecule has 0 unspecified atom stereocenters. The lowest BCUT2D eigenvalue weighted by Gasteiger charge is -2.38. The Kier molecular flexibility index (Phi) is 3.91. The van der Waals surface area contributed by atoms with Gasteiger partial charge in [0.05, 0.1) is 23.9 Å². The molecule has 1 saturated carbocycles. The van der Waals surface area contributed by atoms with Gasteiger partial charge in [0, 0.05) is 6.54 Å². The lowest BCUT2D eigenvalue weighted by atomic mass is 10.0. The molecule has 1 aromatic heterocycles. The first-order valence-corrected chi connectivity index (χ1v) is 9.00. The molecule has 0 radical (unpaired) electrons. The monoisotopic (exact) mass is 328 g/mol. The van der Waals surface area contributed by atoms with Crippen molar-refractivity contribution in [3.8, 4) is 0 Å². The average molecular weight is 328 g/mol. The first kappa shape index (κ1) is 14.8. The van der Waals surface area contributed by atoms with Crippen molar-refractivity contribution < 1.29 is 9.53 Å². The van der Waals surface area contributed by atoms with Crippen LogP contribution in [-0.2, 0) is 4.74 Å². The number of benzene rings is 1. The summed E-state index contributed by atoms with van der Waals surface area (Å²) in [6.45, 7) is 3.21. The van der Waals surface area contributed by atoms with Crippen molar-refractivity contribution in [3.05, 3.63) is 52.0 Å². The minimum Gasteiger partial charge on any atom is -0.366 e. The molecule has 1 aromatic carbocycles. The van der Waals surface area contributed by atoms with Crippen LogP contribution in [0.15, 0.2) is 35.8 Å². The van der Waals surface area contributed by atoms with E-state index in [1.165, 1.54) is 24.2 Å². The second kappa shape index (κ2) is 6.06. The highest BCUT2D eigenvalue weighted by atomic mass is 32.1. The van der Waals surface area contributed by atoms with E-state index in [9.17, 15) is 4.79 Å². The maximum atomic E-state index is 12.9. The van der Waals surface area contributed by atoms with E-state index in [1.807, 2.05) is 30.0 Å². The summed E-state index contributed by atoms with van der Waals surface area (Å²) in [5, 5.41) is 0. The molecule has 5 heteroatoms. The van der Waals surface area contributed by atoms with Crippen LogP contribution in [0.25, 0.3) is 0 Å². The predicted molar refractivity (Wildman–Crippen MR) is 89.5 cm³/mol. The lowest BCUT2D eigenvalue weighted by Crippen LogP contribution is -2.47. The predicted octanol–water partition coefficient (Wildman–Crippen LogP) is 3.44. The second-order valence-corrected chi connectivity index (χ2v) is 7.24. The largest absolute Gasteiger partial charge is 0.366 e. The molecule has 1 amide bonds. The molecule has 4 rings (SSSR count). The number of rotatable bonds is 3. The molecule has 0 bridgehead atoms. The minimum absolute atomic E-state index is 0.0345. The van der Waals surface area contributed by atoms with Crippen molar-refractivity contribution in [2.75, 3.05) is 13.1 Å². The van der Waals surface area contributed by atoms with Gasteiger partial charge in [0.2, 0.25) is 0 Å². The Bertz CT molecular complexity index is 696. The summed E-state index contributed by atoms with van der Waals surface area (Å²) < 4.78 is 6.32. The number of morpholine rings is 1. The van der Waals surface area contributed by atoms with Gasteiger partial charge in [0.1, 0.15) is 11.0 Å². The summed E-state index contributed by atoms with van der Waals surface area (Å²) in [6, 6.07) is 10.2. The molecule has 2 aromatic rings. The molecule has 120 valence electrons. The Balaban J connectivity index is 1.59. The van der Waals surface area contributed by atoms with Crippen LogP contribution >= 0.6 is 11.3 Å². The average Bonchev–Trinajstić information content (AvgIpc) is 3.36. The van der Waals surface area contributed by atoms with Crippen molar-refractivity contribution in [1.82, 2.24) is 9.88 Å². The van der Waals surface area contributed by atoms with Gasteiger partial charge >= 0.3 is 0 Å². The number of hydrogen-bond acceptors (Lipinski definition) is 4. The van der Waals surface area contributed by atoms with Crippen molar-refractivity contribution in [2.45, 2.75) is 32.0 Å². The van der Waals surface area contributed by atoms with Crippen LogP contribution in [-0.4, -0.2) is 35.0 Å². The fourth-order valence-electron chi connectivity index (χ4n) is 3.19. The highest BCUT2D eigenvalue weighted by molar-refractivity contribution is 7.11. The minimum atomic E-state index is -0.0345. The van der Waals surface area contributed by atoms with Crippen LogP contribution in [0.2, 0.25) is 0 Å². The van der Waals surface area contributed by atoms with Crippen molar-refractivity contribution in [3.63, 3.8) is 0 Å². The number of amides is 1. The molecule has 4 nitrogen and oxygen atoms in total. The van der Waals surface area contributed by atoms with E-state index in [-0.39, 0.29) is 18.1 Å². The number of ether oxygens (including phenoxy) is 1. The van der Waals surface area contributed by atoms with E-state index in [0.717, 1.165) is 16.1 Å². The molecule has 1 saturated heterocycles. The van der Waals surface area contributed by atoms with Gasteiger partial charge in [-0.1, -0.05) is 30.3 Å². The van der Waals surface area contributed by atoms with Gasteiger partial charge in [-0.05, 0) is 31.2 Å². The van der Waals surface area contributed by atoms with Crippen molar-refractivity contribution >= 4 is 17.2 Å². The summed E-state index contributed by atoms with van der Waals surface area (Å²) in [7, 11) is 0. The van der Waals surface area contributed by atoms with Crippen LogP contribution in [0.1, 0.15) is 39.9 Å². The van der Waals surface area contributed by atoms with E-state index < -0.39 is 0 Å². The van der Waals surface area contributed by atoms with E-state index in [4.69, 9.17) is 4.74 Å². The maximum absolute atomic E-state index is 12.9. The smallest absolute Gasteiger partial charge is 0.266 e. The molecule has 1 aliphatic carbocycles. The number of thiazole rings is 1. The molecule has 0 N–H and O–H groups in total. The number of nitrogens with zero attached hydrogens (tertiary/aromatic N) is 2. The van der Waals surface area contributed by atoms with E-state index in [2.05, 4.69) is 17.1 Å². The third-order valence-corrected chi connectivity index (χ3v) is 5.59. The highest BCUT2D eigenvalue weighted by Crippen LogP contribution is 2.39. The molecule has 2 fully saturated rings. The Morgan fingerprint density at radius 3 is 2.70 bits per heavy atom. The number of carbonyl (C=O) groups excluding carboxylic acids is 1. The van der Waals surface area contributed by atoms with Gasteiger partial charge in [-0.15, -0.1) is 11.3 Å². The van der Waals surface area contributed by atoms with E-state index in [1.54, 1.807) is 5.51 Å². The maximum Gasteiger partial charge on any atom is 0.266 e. The molecule has 23 heavy (non-hydrogen) atoms. The zero-order chi connectivity index (χ0) is 15.8. The molecular formula is C18H20N2O2S. The third kappa shape index (κ3) is 3.03. The summed E-state index contributed by atoms with van der Waals surface area (Å²) in [4.78, 5) is 19.8. The second-order valence-electron chi connectivity index (χ2n) is 6.39. The highest BCUT2D eigenvalue weighted by Gasteiger charge is 2.40. The van der Waals surface area contributed by atoms with Crippen LogP contribution in [0.4, 0.5) is 0 Å². The van der Waals surface area contributed by atoms with E-state index >= 15 is 0 Å². The normalized spacial score (nSPS) is 24.7. The van der Waals surface area contributed by atoms with Gasteiger partial charge in [0.15, 0.2) is 0 Å². The quantitative estimate of drug-likeness (QED) is 0.867. The topological polar surface area (TPSA) is 42.4 Å².